The van der Waals surface area contributed by atoms with Crippen LogP contribution in [0.2, 0.25) is 0 Å². The first-order chi connectivity index (χ1) is 7.34. The van der Waals surface area contributed by atoms with Crippen molar-refractivity contribution in [3.8, 4) is 0 Å². The van der Waals surface area contributed by atoms with E-state index in [1.807, 2.05) is 0 Å². The van der Waals surface area contributed by atoms with Gasteiger partial charge in [0.2, 0.25) is 0 Å². The van der Waals surface area contributed by atoms with Crippen molar-refractivity contribution in [3.05, 3.63) is 0 Å². The van der Waals surface area contributed by atoms with Crippen LogP contribution in [0.3, 0.4) is 0 Å². The maximum Gasteiger partial charge on any atom is 0.158 e. The molecule has 1 heterocycles. The van der Waals surface area contributed by atoms with Crippen molar-refractivity contribution in [2.24, 2.45) is 5.92 Å². The van der Waals surface area contributed by atoms with E-state index in [0.29, 0.717) is 18.5 Å². The molecule has 1 saturated heterocycles. The van der Waals surface area contributed by atoms with Gasteiger partial charge in [0.15, 0.2) is 5.78 Å². The van der Waals surface area contributed by atoms with E-state index in [-0.39, 0.29) is 0 Å². The van der Waals surface area contributed by atoms with Crippen LogP contribution in [0.5, 0.6) is 0 Å². The van der Waals surface area contributed by atoms with Crippen molar-refractivity contribution in [2.45, 2.75) is 44.6 Å². The number of Topliss-reactive ketones (excluding diaryl/α,β-unsaturated/α-hetero) is 1. The summed E-state index contributed by atoms with van der Waals surface area (Å²) in [4.78, 5) is 11.5. The third-order valence-electron chi connectivity index (χ3n) is 3.29. The lowest BCUT2D eigenvalue weighted by atomic mass is 10.1. The van der Waals surface area contributed by atoms with Gasteiger partial charge in [0.1, 0.15) is 6.61 Å². The monoisotopic (exact) mass is 211 g/mol. The van der Waals surface area contributed by atoms with Crippen LogP contribution in [0, 0.1) is 5.92 Å². The Kier molecular flexibility index (Phi) is 4.15. The zero-order valence-corrected chi connectivity index (χ0v) is 9.34. The molecule has 0 bridgehead atoms. The summed E-state index contributed by atoms with van der Waals surface area (Å²) in [7, 11) is 0. The fraction of sp³-hybridized carbons (Fsp3) is 0.917. The molecule has 3 heteroatoms. The van der Waals surface area contributed by atoms with Gasteiger partial charge < -0.3 is 10.1 Å². The van der Waals surface area contributed by atoms with E-state index in [2.05, 4.69) is 5.32 Å². The normalized spacial score (nSPS) is 22.9. The van der Waals surface area contributed by atoms with Crippen LogP contribution in [0.1, 0.15) is 38.5 Å². The fourth-order valence-electron chi connectivity index (χ4n) is 2.02. The lowest BCUT2D eigenvalue weighted by Crippen LogP contribution is -2.33. The predicted molar refractivity (Wildman–Crippen MR) is 58.8 cm³/mol. The second-order valence-electron chi connectivity index (χ2n) is 4.78. The van der Waals surface area contributed by atoms with Crippen LogP contribution in [-0.2, 0) is 9.53 Å². The van der Waals surface area contributed by atoms with Crippen molar-refractivity contribution in [2.75, 3.05) is 19.7 Å². The van der Waals surface area contributed by atoms with Crippen molar-refractivity contribution in [3.63, 3.8) is 0 Å². The Labute approximate surface area is 91.6 Å². The molecule has 0 unspecified atom stereocenters. The lowest BCUT2D eigenvalue weighted by Gasteiger charge is -2.22. The molecule has 0 spiro atoms. The molecule has 0 aromatic carbocycles. The average molecular weight is 211 g/mol. The smallest absolute Gasteiger partial charge is 0.158 e. The molecule has 1 aliphatic heterocycles. The standard InChI is InChI=1S/C12H21NO2/c14-11(4-3-10-1-2-10)9-15-12-5-7-13-8-6-12/h10,12-13H,1-9H2. The summed E-state index contributed by atoms with van der Waals surface area (Å²) >= 11 is 0. The quantitative estimate of drug-likeness (QED) is 0.724. The SMILES string of the molecule is O=C(CCC1CC1)COC1CCNCC1. The van der Waals surface area contributed by atoms with Gasteiger partial charge in [-0.3, -0.25) is 4.79 Å². The summed E-state index contributed by atoms with van der Waals surface area (Å²) in [5.74, 6) is 1.15. The molecule has 0 amide bonds. The van der Waals surface area contributed by atoms with Crippen LogP contribution >= 0.6 is 0 Å². The van der Waals surface area contributed by atoms with Gasteiger partial charge in [0, 0.05) is 6.42 Å². The molecule has 2 aliphatic rings. The first kappa shape index (κ1) is 11.1. The zero-order valence-electron chi connectivity index (χ0n) is 9.34. The third kappa shape index (κ3) is 4.31. The Morgan fingerprint density at radius 1 is 1.20 bits per heavy atom. The van der Waals surface area contributed by atoms with Gasteiger partial charge in [-0.15, -0.1) is 0 Å². The molecule has 15 heavy (non-hydrogen) atoms. The predicted octanol–water partition coefficient (Wildman–Crippen LogP) is 1.51. The van der Waals surface area contributed by atoms with Crippen LogP contribution in [-0.4, -0.2) is 31.6 Å². The molecule has 0 atom stereocenters. The summed E-state index contributed by atoms with van der Waals surface area (Å²) in [5, 5.41) is 3.29. The Balaban J connectivity index is 1.53. The number of hydrogen-bond acceptors (Lipinski definition) is 3. The summed E-state index contributed by atoms with van der Waals surface area (Å²) < 4.78 is 5.61. The van der Waals surface area contributed by atoms with E-state index in [0.717, 1.165) is 44.7 Å². The van der Waals surface area contributed by atoms with Gasteiger partial charge in [-0.25, -0.2) is 0 Å². The fourth-order valence-corrected chi connectivity index (χ4v) is 2.02. The highest BCUT2D eigenvalue weighted by Crippen LogP contribution is 2.33. The first-order valence-electron chi connectivity index (χ1n) is 6.18. The highest BCUT2D eigenvalue weighted by atomic mass is 16.5. The maximum absolute atomic E-state index is 11.5. The molecule has 1 aliphatic carbocycles. The topological polar surface area (TPSA) is 38.3 Å². The van der Waals surface area contributed by atoms with E-state index < -0.39 is 0 Å². The van der Waals surface area contributed by atoms with E-state index in [4.69, 9.17) is 4.74 Å². The second-order valence-corrected chi connectivity index (χ2v) is 4.78. The van der Waals surface area contributed by atoms with Gasteiger partial charge in [0.05, 0.1) is 6.10 Å². The molecule has 2 rings (SSSR count). The first-order valence-corrected chi connectivity index (χ1v) is 6.18. The van der Waals surface area contributed by atoms with Crippen molar-refractivity contribution in [1.29, 1.82) is 0 Å². The molecule has 0 aromatic heterocycles. The van der Waals surface area contributed by atoms with Gasteiger partial charge in [-0.05, 0) is 38.3 Å². The minimum absolute atomic E-state index is 0.292. The van der Waals surface area contributed by atoms with Crippen LogP contribution in [0.4, 0.5) is 0 Å². The maximum atomic E-state index is 11.5. The Morgan fingerprint density at radius 2 is 1.93 bits per heavy atom. The summed E-state index contributed by atoms with van der Waals surface area (Å²) in [6, 6.07) is 0. The number of nitrogens with one attached hydrogen (secondary N) is 1. The molecule has 86 valence electrons. The largest absolute Gasteiger partial charge is 0.370 e. The molecule has 0 radical (unpaired) electrons. The molecular formula is C12H21NO2. The Morgan fingerprint density at radius 3 is 2.60 bits per heavy atom. The Bertz CT molecular complexity index is 208. The third-order valence-corrected chi connectivity index (χ3v) is 3.29. The molecule has 1 N–H and O–H groups in total. The zero-order chi connectivity index (χ0) is 10.5. The molecular weight excluding hydrogens is 190 g/mol. The van der Waals surface area contributed by atoms with Crippen LogP contribution in [0.15, 0.2) is 0 Å². The summed E-state index contributed by atoms with van der Waals surface area (Å²) in [6.07, 6.45) is 6.91. The van der Waals surface area contributed by atoms with E-state index >= 15 is 0 Å². The lowest BCUT2D eigenvalue weighted by molar-refractivity contribution is -0.126. The van der Waals surface area contributed by atoms with Gasteiger partial charge in [-0.2, -0.15) is 0 Å². The van der Waals surface area contributed by atoms with Crippen LogP contribution in [0.25, 0.3) is 0 Å². The second kappa shape index (κ2) is 5.61. The van der Waals surface area contributed by atoms with Crippen LogP contribution < -0.4 is 5.32 Å². The minimum Gasteiger partial charge on any atom is -0.370 e. The number of hydrogen-bond donors (Lipinski definition) is 1. The van der Waals surface area contributed by atoms with E-state index in [9.17, 15) is 4.79 Å². The molecule has 0 aromatic rings. The van der Waals surface area contributed by atoms with E-state index in [1.165, 1.54) is 12.8 Å². The number of rotatable bonds is 6. The average Bonchev–Trinajstić information content (AvgIpc) is 3.09. The van der Waals surface area contributed by atoms with E-state index in [1.54, 1.807) is 0 Å². The van der Waals surface area contributed by atoms with Crippen molar-refractivity contribution in [1.82, 2.24) is 5.32 Å². The highest BCUT2D eigenvalue weighted by molar-refractivity contribution is 5.79. The number of carbonyl (C=O) groups is 1. The molecule has 2 fully saturated rings. The van der Waals surface area contributed by atoms with Gasteiger partial charge in [0.25, 0.3) is 0 Å². The number of piperidine rings is 1. The minimum atomic E-state index is 0.292. The number of ketones is 1. The van der Waals surface area contributed by atoms with Gasteiger partial charge in [-0.1, -0.05) is 12.8 Å². The van der Waals surface area contributed by atoms with Crippen molar-refractivity contribution < 1.29 is 9.53 Å². The number of carbonyl (C=O) groups excluding carboxylic acids is 1. The Hall–Kier alpha value is -0.410. The molecule has 3 nitrogen and oxygen atoms in total. The molecule has 1 saturated carbocycles. The summed E-state index contributed by atoms with van der Waals surface area (Å²) in [6.45, 7) is 2.40. The van der Waals surface area contributed by atoms with Crippen molar-refractivity contribution >= 4 is 5.78 Å². The number of ether oxygens (including phenoxy) is 1. The summed E-state index contributed by atoms with van der Waals surface area (Å²) in [5.41, 5.74) is 0. The highest BCUT2D eigenvalue weighted by Gasteiger charge is 2.22. The van der Waals surface area contributed by atoms with Gasteiger partial charge >= 0.3 is 0 Å².